The number of aromatic nitrogens is 3. The first-order valence-electron chi connectivity index (χ1n) is 8.11. The lowest BCUT2D eigenvalue weighted by atomic mass is 10.1. The molecule has 2 aromatic heterocycles. The monoisotopic (exact) mass is 352 g/mol. The molecule has 0 amide bonds. The SMILES string of the molecule is CCC(Nc1ncc(C(=O)O)c(-c2ccccc2F)n1)c1cccnc1. The van der Waals surface area contributed by atoms with E-state index in [9.17, 15) is 14.3 Å². The molecule has 26 heavy (non-hydrogen) atoms. The van der Waals surface area contributed by atoms with E-state index >= 15 is 0 Å². The van der Waals surface area contributed by atoms with E-state index in [2.05, 4.69) is 20.3 Å². The van der Waals surface area contributed by atoms with Crippen molar-refractivity contribution in [3.8, 4) is 11.3 Å². The molecule has 0 aliphatic heterocycles. The molecular weight excluding hydrogens is 335 g/mol. The van der Waals surface area contributed by atoms with Crippen LogP contribution in [0.1, 0.15) is 35.3 Å². The standard InChI is InChI=1S/C19H17FN4O2/c1-2-16(12-6-5-9-21-10-12)23-19-22-11-14(18(25)26)17(24-19)13-7-3-4-8-15(13)20/h3-11,16H,2H2,1H3,(H,25,26)(H,22,23,24). The zero-order valence-electron chi connectivity index (χ0n) is 14.1. The van der Waals surface area contributed by atoms with Gasteiger partial charge < -0.3 is 10.4 Å². The maximum Gasteiger partial charge on any atom is 0.339 e. The number of anilines is 1. The van der Waals surface area contributed by atoms with E-state index in [-0.39, 0.29) is 28.8 Å². The molecule has 0 spiro atoms. The van der Waals surface area contributed by atoms with E-state index in [0.29, 0.717) is 0 Å². The summed E-state index contributed by atoms with van der Waals surface area (Å²) in [5.41, 5.74) is 0.947. The molecule has 0 aliphatic carbocycles. The molecule has 132 valence electrons. The van der Waals surface area contributed by atoms with E-state index in [0.717, 1.165) is 12.0 Å². The number of nitrogens with one attached hydrogen (secondary N) is 1. The highest BCUT2D eigenvalue weighted by atomic mass is 19.1. The summed E-state index contributed by atoms with van der Waals surface area (Å²) in [5.74, 6) is -1.53. The molecule has 3 rings (SSSR count). The van der Waals surface area contributed by atoms with Gasteiger partial charge in [-0.3, -0.25) is 4.98 Å². The van der Waals surface area contributed by atoms with Crippen molar-refractivity contribution in [1.29, 1.82) is 0 Å². The molecule has 0 aliphatic rings. The second-order valence-corrected chi connectivity index (χ2v) is 5.63. The number of carboxylic acid groups (broad SMARTS) is 1. The van der Waals surface area contributed by atoms with Gasteiger partial charge in [0.15, 0.2) is 0 Å². The van der Waals surface area contributed by atoms with Gasteiger partial charge in [0, 0.05) is 24.2 Å². The molecule has 0 bridgehead atoms. The van der Waals surface area contributed by atoms with Gasteiger partial charge in [0.25, 0.3) is 0 Å². The minimum Gasteiger partial charge on any atom is -0.478 e. The average molecular weight is 352 g/mol. The van der Waals surface area contributed by atoms with Gasteiger partial charge >= 0.3 is 5.97 Å². The van der Waals surface area contributed by atoms with Gasteiger partial charge in [-0.25, -0.2) is 19.2 Å². The van der Waals surface area contributed by atoms with Crippen molar-refractivity contribution in [3.63, 3.8) is 0 Å². The number of aromatic carboxylic acids is 1. The molecule has 0 fully saturated rings. The van der Waals surface area contributed by atoms with Crippen LogP contribution in [0.2, 0.25) is 0 Å². The predicted octanol–water partition coefficient (Wildman–Crippen LogP) is 3.94. The van der Waals surface area contributed by atoms with Crippen LogP contribution in [0.25, 0.3) is 11.3 Å². The van der Waals surface area contributed by atoms with Crippen LogP contribution in [0.15, 0.2) is 55.0 Å². The highest BCUT2D eigenvalue weighted by molar-refractivity contribution is 5.94. The van der Waals surface area contributed by atoms with Crippen molar-refractivity contribution in [3.05, 3.63) is 71.9 Å². The molecule has 0 radical (unpaired) electrons. The largest absolute Gasteiger partial charge is 0.478 e. The zero-order valence-corrected chi connectivity index (χ0v) is 14.1. The number of rotatable bonds is 6. The first-order chi connectivity index (χ1) is 12.6. The van der Waals surface area contributed by atoms with Gasteiger partial charge in [0.05, 0.1) is 11.7 Å². The molecule has 7 heteroatoms. The number of hydrogen-bond donors (Lipinski definition) is 2. The second kappa shape index (κ2) is 7.69. The summed E-state index contributed by atoms with van der Waals surface area (Å²) in [4.78, 5) is 23.9. The van der Waals surface area contributed by atoms with Crippen LogP contribution in [-0.4, -0.2) is 26.0 Å². The van der Waals surface area contributed by atoms with Crippen molar-refractivity contribution in [2.45, 2.75) is 19.4 Å². The van der Waals surface area contributed by atoms with Gasteiger partial charge in [0.1, 0.15) is 11.4 Å². The Morgan fingerprint density at radius 3 is 2.69 bits per heavy atom. The summed E-state index contributed by atoms with van der Waals surface area (Å²) in [6.45, 7) is 1.99. The first kappa shape index (κ1) is 17.5. The maximum atomic E-state index is 14.2. The fourth-order valence-corrected chi connectivity index (χ4v) is 2.63. The Morgan fingerprint density at radius 1 is 1.23 bits per heavy atom. The van der Waals surface area contributed by atoms with E-state index in [1.54, 1.807) is 18.5 Å². The number of nitrogens with zero attached hydrogens (tertiary/aromatic N) is 3. The summed E-state index contributed by atoms with van der Waals surface area (Å²) in [7, 11) is 0. The van der Waals surface area contributed by atoms with Crippen LogP contribution in [0, 0.1) is 5.82 Å². The molecular formula is C19H17FN4O2. The summed E-state index contributed by atoms with van der Waals surface area (Å²) in [6.07, 6.45) is 5.36. The van der Waals surface area contributed by atoms with Crippen molar-refractivity contribution in [2.24, 2.45) is 0 Å². The molecule has 1 aromatic carbocycles. The molecule has 2 heterocycles. The Balaban J connectivity index is 2.01. The highest BCUT2D eigenvalue weighted by Gasteiger charge is 2.19. The highest BCUT2D eigenvalue weighted by Crippen LogP contribution is 2.27. The number of pyridine rings is 1. The van der Waals surface area contributed by atoms with Crippen molar-refractivity contribution in [1.82, 2.24) is 15.0 Å². The Labute approximate surface area is 149 Å². The van der Waals surface area contributed by atoms with Gasteiger partial charge in [-0.2, -0.15) is 0 Å². The third kappa shape index (κ3) is 3.66. The van der Waals surface area contributed by atoms with Crippen LogP contribution in [-0.2, 0) is 0 Å². The molecule has 3 aromatic rings. The lowest BCUT2D eigenvalue weighted by molar-refractivity contribution is 0.0697. The number of benzene rings is 1. The molecule has 2 N–H and O–H groups in total. The van der Waals surface area contributed by atoms with Crippen LogP contribution >= 0.6 is 0 Å². The minimum atomic E-state index is -1.21. The van der Waals surface area contributed by atoms with E-state index in [1.807, 2.05) is 19.1 Å². The third-order valence-corrected chi connectivity index (χ3v) is 3.95. The van der Waals surface area contributed by atoms with E-state index in [1.165, 1.54) is 24.4 Å². The van der Waals surface area contributed by atoms with Gasteiger partial charge in [-0.05, 0) is 30.2 Å². The number of hydrogen-bond acceptors (Lipinski definition) is 5. The summed E-state index contributed by atoms with van der Waals surface area (Å²) >= 11 is 0. The molecule has 1 unspecified atom stereocenters. The lowest BCUT2D eigenvalue weighted by Gasteiger charge is -2.18. The van der Waals surface area contributed by atoms with Crippen molar-refractivity contribution < 1.29 is 14.3 Å². The van der Waals surface area contributed by atoms with Crippen LogP contribution < -0.4 is 5.32 Å². The number of carbonyl (C=O) groups is 1. The van der Waals surface area contributed by atoms with Gasteiger partial charge in [-0.1, -0.05) is 25.1 Å². The normalized spacial score (nSPS) is 11.8. The van der Waals surface area contributed by atoms with E-state index in [4.69, 9.17) is 0 Å². The smallest absolute Gasteiger partial charge is 0.339 e. The van der Waals surface area contributed by atoms with E-state index < -0.39 is 11.8 Å². The maximum absolute atomic E-state index is 14.2. The Bertz CT molecular complexity index is 918. The summed E-state index contributed by atoms with van der Waals surface area (Å²) < 4.78 is 14.2. The number of carboxylic acids is 1. The van der Waals surface area contributed by atoms with Crippen molar-refractivity contribution >= 4 is 11.9 Å². The fourth-order valence-electron chi connectivity index (χ4n) is 2.63. The van der Waals surface area contributed by atoms with Crippen molar-refractivity contribution in [2.75, 3.05) is 5.32 Å². The Morgan fingerprint density at radius 2 is 2.04 bits per heavy atom. The Kier molecular flexibility index (Phi) is 5.17. The van der Waals surface area contributed by atoms with Gasteiger partial charge in [0.2, 0.25) is 5.95 Å². The summed E-state index contributed by atoms with van der Waals surface area (Å²) in [5, 5.41) is 12.5. The molecule has 6 nitrogen and oxygen atoms in total. The quantitative estimate of drug-likeness (QED) is 0.699. The zero-order chi connectivity index (χ0) is 18.5. The first-order valence-corrected chi connectivity index (χ1v) is 8.11. The average Bonchev–Trinajstić information content (AvgIpc) is 2.67. The van der Waals surface area contributed by atoms with Crippen LogP contribution in [0.3, 0.4) is 0 Å². The van der Waals surface area contributed by atoms with Gasteiger partial charge in [-0.15, -0.1) is 0 Å². The molecule has 0 saturated heterocycles. The topological polar surface area (TPSA) is 88.0 Å². The second-order valence-electron chi connectivity index (χ2n) is 5.63. The fraction of sp³-hybridized carbons (Fsp3) is 0.158. The Hall–Kier alpha value is -3.35. The van der Waals surface area contributed by atoms with Crippen LogP contribution in [0.4, 0.5) is 10.3 Å². The molecule has 1 atom stereocenters. The number of halogens is 1. The minimum absolute atomic E-state index is 0.0362. The predicted molar refractivity (Wildman–Crippen MR) is 95.3 cm³/mol. The third-order valence-electron chi connectivity index (χ3n) is 3.95. The lowest BCUT2D eigenvalue weighted by Crippen LogP contribution is -2.14. The summed E-state index contributed by atoms with van der Waals surface area (Å²) in [6, 6.07) is 9.58. The molecule has 0 saturated carbocycles. The van der Waals surface area contributed by atoms with Crippen LogP contribution in [0.5, 0.6) is 0 Å².